The van der Waals surface area contributed by atoms with Crippen LogP contribution in [-0.2, 0) is 13.0 Å². The normalized spacial score (nSPS) is 13.1. The summed E-state index contributed by atoms with van der Waals surface area (Å²) in [4.78, 5) is 26.9. The van der Waals surface area contributed by atoms with E-state index in [0.717, 1.165) is 29.8 Å². The molecule has 1 aliphatic carbocycles. The lowest BCUT2D eigenvalue weighted by Crippen LogP contribution is -2.27. The van der Waals surface area contributed by atoms with Crippen LogP contribution in [0.1, 0.15) is 51.7 Å². The van der Waals surface area contributed by atoms with E-state index in [1.54, 1.807) is 41.0 Å². The molecule has 0 spiro atoms. The molecule has 160 valence electrons. The highest BCUT2D eigenvalue weighted by Gasteiger charge is 2.24. The Morgan fingerprint density at radius 3 is 2.58 bits per heavy atom. The van der Waals surface area contributed by atoms with Crippen molar-refractivity contribution < 1.29 is 9.59 Å². The number of benzene rings is 2. The van der Waals surface area contributed by atoms with Gasteiger partial charge >= 0.3 is 0 Å². The van der Waals surface area contributed by atoms with Crippen molar-refractivity contribution in [2.24, 2.45) is 0 Å². The Labute approximate surface area is 186 Å². The fourth-order valence-electron chi connectivity index (χ4n) is 3.53. The van der Waals surface area contributed by atoms with Crippen molar-refractivity contribution >= 4 is 23.4 Å². The van der Waals surface area contributed by atoms with E-state index in [1.807, 2.05) is 37.3 Å². The molecule has 1 heterocycles. The molecule has 0 atom stereocenters. The van der Waals surface area contributed by atoms with Crippen LogP contribution < -0.4 is 5.32 Å². The van der Waals surface area contributed by atoms with Crippen LogP contribution in [0.5, 0.6) is 0 Å². The summed E-state index contributed by atoms with van der Waals surface area (Å²) in [5.41, 5.74) is 3.84. The molecule has 0 radical (unpaired) electrons. The summed E-state index contributed by atoms with van der Waals surface area (Å²) in [6.45, 7) is 2.44. The number of nitrogens with zero attached hydrogens (tertiary/aromatic N) is 3. The molecular weight excluding hydrogens is 412 g/mol. The molecule has 0 aliphatic heterocycles. The maximum atomic E-state index is 13.1. The zero-order valence-electron chi connectivity index (χ0n) is 17.6. The summed E-state index contributed by atoms with van der Waals surface area (Å²) in [6, 6.07) is 15.1. The van der Waals surface area contributed by atoms with Gasteiger partial charge in [0.2, 0.25) is 0 Å². The predicted molar refractivity (Wildman–Crippen MR) is 121 cm³/mol. The van der Waals surface area contributed by atoms with Crippen LogP contribution in [-0.4, -0.2) is 39.6 Å². The Morgan fingerprint density at radius 2 is 1.94 bits per heavy atom. The third-order valence-corrected chi connectivity index (χ3v) is 5.62. The number of amides is 2. The number of carbonyl (C=O) groups is 2. The Hall–Kier alpha value is -3.12. The van der Waals surface area contributed by atoms with Gasteiger partial charge in [0.25, 0.3) is 11.8 Å². The Kier molecular flexibility index (Phi) is 6.09. The number of hydrogen-bond donors (Lipinski definition) is 1. The van der Waals surface area contributed by atoms with Gasteiger partial charge in [-0.2, -0.15) is 5.10 Å². The molecule has 1 aromatic heterocycles. The molecule has 1 saturated carbocycles. The van der Waals surface area contributed by atoms with Crippen LogP contribution in [0.2, 0.25) is 5.02 Å². The highest BCUT2D eigenvalue weighted by molar-refractivity contribution is 6.30. The largest absolute Gasteiger partial charge is 0.349 e. The second-order valence-electron chi connectivity index (χ2n) is 7.86. The standard InChI is InChI=1S/C24H25ClN4O2/c1-3-22-21(14-26-29(22)20-6-4-5-18(25)13-20)24(31)28(2)15-16-7-9-17(10-8-16)23(30)27-19-11-12-19/h4-10,13-14,19H,3,11-12,15H2,1-2H3,(H,27,30). The first-order chi connectivity index (χ1) is 15.0. The molecular formula is C24H25ClN4O2. The second kappa shape index (κ2) is 8.94. The summed E-state index contributed by atoms with van der Waals surface area (Å²) in [7, 11) is 1.77. The van der Waals surface area contributed by atoms with Gasteiger partial charge in [-0.1, -0.05) is 36.7 Å². The van der Waals surface area contributed by atoms with Crippen molar-refractivity contribution in [3.05, 3.63) is 82.1 Å². The summed E-state index contributed by atoms with van der Waals surface area (Å²) in [5, 5.41) is 8.04. The topological polar surface area (TPSA) is 67.2 Å². The van der Waals surface area contributed by atoms with Crippen LogP contribution >= 0.6 is 11.6 Å². The number of halogens is 1. The number of hydrogen-bond acceptors (Lipinski definition) is 3. The SMILES string of the molecule is CCc1c(C(=O)N(C)Cc2ccc(C(=O)NC3CC3)cc2)cnn1-c1cccc(Cl)c1. The number of nitrogens with one attached hydrogen (secondary N) is 1. The van der Waals surface area contributed by atoms with Crippen LogP contribution in [0.4, 0.5) is 0 Å². The highest BCUT2D eigenvalue weighted by atomic mass is 35.5. The van der Waals surface area contributed by atoms with E-state index in [1.165, 1.54) is 0 Å². The zero-order valence-corrected chi connectivity index (χ0v) is 18.4. The fourth-order valence-corrected chi connectivity index (χ4v) is 3.72. The van der Waals surface area contributed by atoms with Crippen LogP contribution in [0, 0.1) is 0 Å². The smallest absolute Gasteiger partial charge is 0.257 e. The van der Waals surface area contributed by atoms with Gasteiger partial charge in [0.05, 0.1) is 23.1 Å². The van der Waals surface area contributed by atoms with E-state index < -0.39 is 0 Å². The molecule has 1 N–H and O–H groups in total. The Bertz CT molecular complexity index is 1100. The number of rotatable bonds is 7. The average Bonchev–Trinajstić information content (AvgIpc) is 3.48. The summed E-state index contributed by atoms with van der Waals surface area (Å²) in [5.74, 6) is -0.139. The average molecular weight is 437 g/mol. The number of aromatic nitrogens is 2. The first-order valence-electron chi connectivity index (χ1n) is 10.4. The van der Waals surface area contributed by atoms with Crippen molar-refractivity contribution in [3.8, 4) is 5.69 Å². The van der Waals surface area contributed by atoms with Crippen molar-refractivity contribution in [3.63, 3.8) is 0 Å². The molecule has 3 aromatic rings. The van der Waals surface area contributed by atoms with Gasteiger partial charge in [-0.15, -0.1) is 0 Å². The molecule has 0 unspecified atom stereocenters. The highest BCUT2D eigenvalue weighted by Crippen LogP contribution is 2.21. The van der Waals surface area contributed by atoms with E-state index in [2.05, 4.69) is 10.4 Å². The first-order valence-corrected chi connectivity index (χ1v) is 10.8. The van der Waals surface area contributed by atoms with E-state index in [9.17, 15) is 9.59 Å². The molecule has 1 aliphatic rings. The second-order valence-corrected chi connectivity index (χ2v) is 8.29. The molecule has 2 aromatic carbocycles. The predicted octanol–water partition coefficient (Wildman–Crippen LogP) is 4.25. The fraction of sp³-hybridized carbons (Fsp3) is 0.292. The third-order valence-electron chi connectivity index (χ3n) is 5.38. The summed E-state index contributed by atoms with van der Waals surface area (Å²) in [6.07, 6.45) is 4.39. The Morgan fingerprint density at radius 1 is 1.19 bits per heavy atom. The lowest BCUT2D eigenvalue weighted by atomic mass is 10.1. The van der Waals surface area contributed by atoms with E-state index in [4.69, 9.17) is 11.6 Å². The molecule has 2 amide bonds. The third kappa shape index (κ3) is 4.80. The van der Waals surface area contributed by atoms with Gasteiger partial charge in [0, 0.05) is 30.2 Å². The van der Waals surface area contributed by atoms with Crippen LogP contribution in [0.25, 0.3) is 5.69 Å². The molecule has 1 fully saturated rings. The van der Waals surface area contributed by atoms with E-state index in [-0.39, 0.29) is 11.8 Å². The minimum atomic E-state index is -0.0966. The van der Waals surface area contributed by atoms with Crippen molar-refractivity contribution in [1.82, 2.24) is 20.0 Å². The quantitative estimate of drug-likeness (QED) is 0.602. The van der Waals surface area contributed by atoms with Crippen LogP contribution in [0.15, 0.2) is 54.7 Å². The van der Waals surface area contributed by atoms with Gasteiger partial charge in [0.1, 0.15) is 0 Å². The van der Waals surface area contributed by atoms with Gasteiger partial charge < -0.3 is 10.2 Å². The van der Waals surface area contributed by atoms with E-state index in [0.29, 0.717) is 35.2 Å². The molecule has 31 heavy (non-hydrogen) atoms. The first kappa shape index (κ1) is 21.1. The minimum absolute atomic E-state index is 0.0421. The zero-order chi connectivity index (χ0) is 22.0. The molecule has 4 rings (SSSR count). The summed E-state index contributed by atoms with van der Waals surface area (Å²) < 4.78 is 1.76. The van der Waals surface area contributed by atoms with Crippen molar-refractivity contribution in [1.29, 1.82) is 0 Å². The minimum Gasteiger partial charge on any atom is -0.349 e. The van der Waals surface area contributed by atoms with Gasteiger partial charge in [-0.25, -0.2) is 4.68 Å². The molecule has 0 saturated heterocycles. The lowest BCUT2D eigenvalue weighted by Gasteiger charge is -2.18. The van der Waals surface area contributed by atoms with Crippen molar-refractivity contribution in [2.45, 2.75) is 38.8 Å². The molecule has 0 bridgehead atoms. The maximum absolute atomic E-state index is 13.1. The monoisotopic (exact) mass is 436 g/mol. The molecule has 7 heteroatoms. The van der Waals surface area contributed by atoms with Gasteiger partial charge in [-0.05, 0) is 55.2 Å². The molecule has 6 nitrogen and oxygen atoms in total. The Balaban J connectivity index is 1.47. The van der Waals surface area contributed by atoms with Crippen molar-refractivity contribution in [2.75, 3.05) is 7.05 Å². The maximum Gasteiger partial charge on any atom is 0.257 e. The van der Waals surface area contributed by atoms with Crippen LogP contribution in [0.3, 0.4) is 0 Å². The number of carbonyl (C=O) groups excluding carboxylic acids is 2. The van der Waals surface area contributed by atoms with E-state index >= 15 is 0 Å². The lowest BCUT2D eigenvalue weighted by molar-refractivity contribution is 0.0783. The van der Waals surface area contributed by atoms with Gasteiger partial charge in [-0.3, -0.25) is 9.59 Å². The van der Waals surface area contributed by atoms with Gasteiger partial charge in [0.15, 0.2) is 0 Å². The summed E-state index contributed by atoms with van der Waals surface area (Å²) >= 11 is 6.12.